The van der Waals surface area contributed by atoms with Crippen molar-refractivity contribution >= 4 is 19.7 Å². The van der Waals surface area contributed by atoms with Gasteiger partial charge in [-0.3, -0.25) is 18.6 Å². The van der Waals surface area contributed by atoms with Crippen molar-refractivity contribution in [1.29, 1.82) is 0 Å². The molecule has 77 heavy (non-hydrogen) atoms. The molecule has 0 aliphatic carbocycles. The number of carbonyl (C=O) groups excluding carboxylic acids is 2. The summed E-state index contributed by atoms with van der Waals surface area (Å²) >= 11 is 0. The first-order valence-electron chi connectivity index (χ1n) is 31.9. The molecule has 1 amide bonds. The topological polar surface area (TPSA) is 111 Å². The molecule has 0 saturated carbocycles. The van der Waals surface area contributed by atoms with Crippen LogP contribution in [0.4, 0.5) is 0 Å². The highest BCUT2D eigenvalue weighted by atomic mass is 31.2. The predicted octanol–water partition coefficient (Wildman–Crippen LogP) is 19.8. The number of allylic oxidation sites excluding steroid dienone is 13. The highest BCUT2D eigenvalue weighted by molar-refractivity contribution is 7.47. The number of esters is 1. The summed E-state index contributed by atoms with van der Waals surface area (Å²) < 4.78 is 30.7. The molecule has 0 bridgehead atoms. The average molecular weight is 1100 g/mol. The lowest BCUT2D eigenvalue weighted by molar-refractivity contribution is -0.870. The number of hydrogen-bond acceptors (Lipinski definition) is 6. The van der Waals surface area contributed by atoms with E-state index in [2.05, 4.69) is 99.0 Å². The summed E-state index contributed by atoms with van der Waals surface area (Å²) in [5.41, 5.74) is 0. The molecule has 0 spiro atoms. The highest BCUT2D eigenvalue weighted by Gasteiger charge is 2.30. The SMILES string of the molecule is CCCCC/C=C\C/C=C\C/C=C\CCCCCCCCCCC(=O)NC(COP(=O)(O)OCC[N+](C)(C)C)C(/C=C\CCCCCCCCCCCCC)OC(=O)CCCCCC/C=C\C/C=C\C/C=C\CCCCC. The number of amides is 1. The largest absolute Gasteiger partial charge is 0.472 e. The second-order valence-corrected chi connectivity index (χ2v) is 24.0. The third kappa shape index (κ3) is 57.7. The number of phosphoric ester groups is 1. The lowest BCUT2D eigenvalue weighted by Crippen LogP contribution is -2.47. The van der Waals surface area contributed by atoms with Crippen molar-refractivity contribution in [3.8, 4) is 0 Å². The van der Waals surface area contributed by atoms with Crippen LogP contribution in [-0.2, 0) is 27.9 Å². The molecule has 9 nitrogen and oxygen atoms in total. The minimum absolute atomic E-state index is 0.0316. The summed E-state index contributed by atoms with van der Waals surface area (Å²) in [5.74, 6) is -0.538. The maximum Gasteiger partial charge on any atom is 0.472 e. The molecular formula is C67H122N2O7P+. The van der Waals surface area contributed by atoms with Gasteiger partial charge in [-0.15, -0.1) is 0 Å². The summed E-state index contributed by atoms with van der Waals surface area (Å²) in [5, 5.41) is 3.05. The summed E-state index contributed by atoms with van der Waals surface area (Å²) in [6.45, 7) is 6.94. The van der Waals surface area contributed by atoms with Gasteiger partial charge in [0.2, 0.25) is 5.91 Å². The first kappa shape index (κ1) is 74.2. The Labute approximate surface area is 476 Å². The molecule has 0 aliphatic heterocycles. The van der Waals surface area contributed by atoms with Crippen LogP contribution in [0.15, 0.2) is 85.1 Å². The Morgan fingerprint density at radius 1 is 0.455 bits per heavy atom. The van der Waals surface area contributed by atoms with Crippen molar-refractivity contribution in [2.24, 2.45) is 0 Å². The van der Waals surface area contributed by atoms with E-state index in [4.69, 9.17) is 13.8 Å². The van der Waals surface area contributed by atoms with E-state index in [1.165, 1.54) is 135 Å². The zero-order valence-corrected chi connectivity index (χ0v) is 51.8. The molecule has 10 heteroatoms. The fraction of sp³-hybridized carbons (Fsp3) is 0.761. The standard InChI is InChI=1S/C67H121N2O7P/c1-7-10-13-16-19-22-25-28-30-32-33-34-35-37-38-41-44-47-50-53-56-59-66(70)68-64(63-75-77(72,73)74-62-61-69(4,5)6)65(58-55-52-49-46-43-40-27-24-21-18-15-12-9-3)76-67(71)60-57-54-51-48-45-42-39-36-31-29-26-23-20-17-14-11-8-2/h19-20,22-23,28-31,33-34,39,42,55,58,64-65H,7-18,21,24-27,32,35-38,40-41,43-54,56-57,59-63H2,1-6H3,(H-,68,70,72,73)/p+1/b22-19-,23-20-,30-28-,31-29-,34-33-,42-39-,58-55-. The van der Waals surface area contributed by atoms with Crippen LogP contribution in [0.2, 0.25) is 0 Å². The minimum atomic E-state index is -4.46. The van der Waals surface area contributed by atoms with Gasteiger partial charge in [0.1, 0.15) is 19.3 Å². The lowest BCUT2D eigenvalue weighted by Gasteiger charge is -2.27. The number of nitrogens with one attached hydrogen (secondary N) is 1. The van der Waals surface area contributed by atoms with Gasteiger partial charge < -0.3 is 19.4 Å². The Bertz CT molecular complexity index is 1590. The van der Waals surface area contributed by atoms with Crippen molar-refractivity contribution in [2.75, 3.05) is 40.9 Å². The van der Waals surface area contributed by atoms with Crippen LogP contribution in [0.3, 0.4) is 0 Å². The van der Waals surface area contributed by atoms with E-state index in [1.54, 1.807) is 0 Å². The molecule has 0 rings (SSSR count). The molecule has 3 unspecified atom stereocenters. The summed E-state index contributed by atoms with van der Waals surface area (Å²) in [7, 11) is 1.47. The first-order chi connectivity index (χ1) is 37.4. The number of nitrogens with zero attached hydrogens (tertiary/aromatic N) is 1. The number of likely N-dealkylation sites (N-methyl/N-ethyl adjacent to an activating group) is 1. The van der Waals surface area contributed by atoms with Gasteiger partial charge in [0.15, 0.2) is 0 Å². The highest BCUT2D eigenvalue weighted by Crippen LogP contribution is 2.43. The molecule has 0 fully saturated rings. The molecule has 0 aliphatic rings. The Hall–Kier alpha value is -2.81. The molecule has 0 aromatic rings. The van der Waals surface area contributed by atoms with Crippen molar-refractivity contribution in [3.05, 3.63) is 85.1 Å². The van der Waals surface area contributed by atoms with Crippen LogP contribution in [0.1, 0.15) is 278 Å². The van der Waals surface area contributed by atoms with Gasteiger partial charge >= 0.3 is 13.8 Å². The van der Waals surface area contributed by atoms with Crippen LogP contribution in [-0.4, -0.2) is 74.3 Å². The third-order valence-corrected chi connectivity index (χ3v) is 14.8. The first-order valence-corrected chi connectivity index (χ1v) is 33.4. The minimum Gasteiger partial charge on any atom is -0.456 e. The molecule has 0 radical (unpaired) electrons. The average Bonchev–Trinajstić information content (AvgIpc) is 3.39. The number of hydrogen-bond donors (Lipinski definition) is 2. The second-order valence-electron chi connectivity index (χ2n) is 22.6. The fourth-order valence-electron chi connectivity index (χ4n) is 8.84. The van der Waals surface area contributed by atoms with Gasteiger partial charge in [-0.2, -0.15) is 0 Å². The number of quaternary nitrogens is 1. The Morgan fingerprint density at radius 3 is 1.21 bits per heavy atom. The van der Waals surface area contributed by atoms with E-state index in [9.17, 15) is 19.0 Å². The number of phosphoric acid groups is 1. The monoisotopic (exact) mass is 1100 g/mol. The van der Waals surface area contributed by atoms with Crippen LogP contribution >= 0.6 is 7.82 Å². The van der Waals surface area contributed by atoms with Gasteiger partial charge in [-0.1, -0.05) is 241 Å². The molecular weight excluding hydrogens is 976 g/mol. The molecule has 3 atom stereocenters. The van der Waals surface area contributed by atoms with E-state index in [1.807, 2.05) is 33.3 Å². The molecule has 2 N–H and O–H groups in total. The summed E-state index contributed by atoms with van der Waals surface area (Å²) in [6.07, 6.45) is 74.3. The van der Waals surface area contributed by atoms with Gasteiger partial charge in [0.25, 0.3) is 0 Å². The lowest BCUT2D eigenvalue weighted by atomic mass is 10.0. The van der Waals surface area contributed by atoms with Gasteiger partial charge in [0, 0.05) is 12.8 Å². The van der Waals surface area contributed by atoms with E-state index in [-0.39, 0.29) is 31.5 Å². The van der Waals surface area contributed by atoms with E-state index < -0.39 is 20.0 Å². The van der Waals surface area contributed by atoms with Crippen molar-refractivity contribution in [2.45, 2.75) is 290 Å². The van der Waals surface area contributed by atoms with Gasteiger partial charge in [0.05, 0.1) is 33.8 Å². The second kappa shape index (κ2) is 56.5. The third-order valence-electron chi connectivity index (χ3n) is 13.8. The van der Waals surface area contributed by atoms with Crippen molar-refractivity contribution in [3.63, 3.8) is 0 Å². The van der Waals surface area contributed by atoms with E-state index >= 15 is 0 Å². The van der Waals surface area contributed by atoms with Crippen LogP contribution in [0.25, 0.3) is 0 Å². The van der Waals surface area contributed by atoms with E-state index in [0.29, 0.717) is 23.9 Å². The zero-order valence-electron chi connectivity index (χ0n) is 50.9. The van der Waals surface area contributed by atoms with Gasteiger partial charge in [-0.05, 0) is 109 Å². The van der Waals surface area contributed by atoms with Crippen LogP contribution in [0.5, 0.6) is 0 Å². The van der Waals surface area contributed by atoms with Crippen molar-refractivity contribution < 1.29 is 37.3 Å². The summed E-state index contributed by atoms with van der Waals surface area (Å²) in [4.78, 5) is 37.8. The number of rotatable bonds is 57. The Kier molecular flexibility index (Phi) is 54.4. The Morgan fingerprint density at radius 2 is 0.792 bits per heavy atom. The Balaban J connectivity index is 5.31. The van der Waals surface area contributed by atoms with Crippen LogP contribution in [0, 0.1) is 0 Å². The molecule has 446 valence electrons. The quantitative estimate of drug-likeness (QED) is 0.0205. The molecule has 0 saturated heterocycles. The maximum atomic E-state index is 13.6. The maximum absolute atomic E-state index is 13.6. The number of ether oxygens (including phenoxy) is 1. The van der Waals surface area contributed by atoms with Crippen molar-refractivity contribution in [1.82, 2.24) is 5.32 Å². The molecule has 0 heterocycles. The summed E-state index contributed by atoms with van der Waals surface area (Å²) in [6, 6.07) is -0.866. The van der Waals surface area contributed by atoms with Gasteiger partial charge in [-0.25, -0.2) is 4.57 Å². The van der Waals surface area contributed by atoms with Crippen LogP contribution < -0.4 is 5.32 Å². The number of unbranched alkanes of at least 4 members (excludes halogenated alkanes) is 29. The molecule has 0 aromatic heterocycles. The molecule has 0 aromatic carbocycles. The predicted molar refractivity (Wildman–Crippen MR) is 332 cm³/mol. The van der Waals surface area contributed by atoms with E-state index in [0.717, 1.165) is 103 Å². The fourth-order valence-corrected chi connectivity index (χ4v) is 9.57. The normalized spacial score (nSPS) is 14.2. The number of carbonyl (C=O) groups is 2. The smallest absolute Gasteiger partial charge is 0.456 e. The zero-order chi connectivity index (χ0) is 56.4.